The van der Waals surface area contributed by atoms with Gasteiger partial charge in [0.15, 0.2) is 11.5 Å². The number of rotatable bonds is 2. The Labute approximate surface area is 122 Å². The second-order valence-electron chi connectivity index (χ2n) is 5.23. The Hall–Kier alpha value is -1.73. The van der Waals surface area contributed by atoms with Crippen molar-refractivity contribution < 1.29 is 18.7 Å². The van der Waals surface area contributed by atoms with E-state index in [-0.39, 0.29) is 23.7 Å². The number of hydrogen-bond acceptors (Lipinski definition) is 5. The lowest BCUT2D eigenvalue weighted by Crippen LogP contribution is -2.56. The van der Waals surface area contributed by atoms with Crippen LogP contribution >= 0.6 is 0 Å². The van der Waals surface area contributed by atoms with Gasteiger partial charge in [-0.2, -0.15) is 0 Å². The van der Waals surface area contributed by atoms with E-state index < -0.39 is 11.7 Å². The molecule has 2 atom stereocenters. The van der Waals surface area contributed by atoms with Crippen LogP contribution in [0.25, 0.3) is 0 Å². The standard InChI is InChI=1S/C14H18FN3O3/c1-20-12-3-2-11(15)13(17-12)14(19)18-9-4-5-16-6-10(18)8-21-7-9/h2-3,9-10,16H,4-8H2,1H3. The highest BCUT2D eigenvalue weighted by molar-refractivity contribution is 5.93. The van der Waals surface area contributed by atoms with Crippen molar-refractivity contribution in [1.29, 1.82) is 0 Å². The lowest BCUT2D eigenvalue weighted by Gasteiger charge is -2.39. The van der Waals surface area contributed by atoms with Crippen LogP contribution in [0, 0.1) is 5.82 Å². The summed E-state index contributed by atoms with van der Waals surface area (Å²) in [7, 11) is 1.44. The molecule has 0 saturated carbocycles. The first-order chi connectivity index (χ1) is 10.2. The third-order valence-electron chi connectivity index (χ3n) is 3.91. The summed E-state index contributed by atoms with van der Waals surface area (Å²) >= 11 is 0. The van der Waals surface area contributed by atoms with Gasteiger partial charge in [0.05, 0.1) is 32.4 Å². The van der Waals surface area contributed by atoms with Crippen LogP contribution in [0.1, 0.15) is 16.9 Å². The molecular formula is C14H18FN3O3. The van der Waals surface area contributed by atoms with Gasteiger partial charge in [0.25, 0.3) is 5.91 Å². The summed E-state index contributed by atoms with van der Waals surface area (Å²) in [6, 6.07) is 2.48. The van der Waals surface area contributed by atoms with Crippen LogP contribution in [0.5, 0.6) is 5.88 Å². The van der Waals surface area contributed by atoms with Crippen LogP contribution in [-0.4, -0.2) is 61.3 Å². The number of fused-ring (bicyclic) bond motifs is 2. The molecule has 3 heterocycles. The second-order valence-corrected chi connectivity index (χ2v) is 5.23. The van der Waals surface area contributed by atoms with E-state index in [2.05, 4.69) is 10.3 Å². The minimum Gasteiger partial charge on any atom is -0.481 e. The number of nitrogens with zero attached hydrogens (tertiary/aromatic N) is 2. The number of morpholine rings is 1. The van der Waals surface area contributed by atoms with Gasteiger partial charge in [0.2, 0.25) is 5.88 Å². The van der Waals surface area contributed by atoms with Crippen molar-refractivity contribution in [3.63, 3.8) is 0 Å². The van der Waals surface area contributed by atoms with Crippen LogP contribution in [0.15, 0.2) is 12.1 Å². The number of amides is 1. The van der Waals surface area contributed by atoms with E-state index in [1.54, 1.807) is 4.90 Å². The molecule has 0 aromatic carbocycles. The molecule has 1 aromatic heterocycles. The number of carbonyl (C=O) groups excluding carboxylic acids is 1. The van der Waals surface area contributed by atoms with Crippen LogP contribution in [0.3, 0.4) is 0 Å². The molecule has 6 nitrogen and oxygen atoms in total. The summed E-state index contributed by atoms with van der Waals surface area (Å²) in [6.45, 7) is 2.41. The summed E-state index contributed by atoms with van der Waals surface area (Å²) in [5, 5.41) is 3.28. The maximum Gasteiger partial charge on any atom is 0.276 e. The van der Waals surface area contributed by atoms with Gasteiger partial charge in [0.1, 0.15) is 0 Å². The molecule has 3 rings (SSSR count). The number of pyridine rings is 1. The smallest absolute Gasteiger partial charge is 0.276 e. The van der Waals surface area contributed by atoms with Gasteiger partial charge in [0, 0.05) is 12.6 Å². The number of hydrogen-bond donors (Lipinski definition) is 1. The van der Waals surface area contributed by atoms with Crippen LogP contribution in [-0.2, 0) is 4.74 Å². The van der Waals surface area contributed by atoms with E-state index in [1.165, 1.54) is 19.2 Å². The van der Waals surface area contributed by atoms with Gasteiger partial charge >= 0.3 is 0 Å². The molecule has 0 aliphatic carbocycles. The van der Waals surface area contributed by atoms with Crippen molar-refractivity contribution in [3.05, 3.63) is 23.6 Å². The van der Waals surface area contributed by atoms with E-state index in [0.29, 0.717) is 19.8 Å². The van der Waals surface area contributed by atoms with Crippen molar-refractivity contribution in [2.24, 2.45) is 0 Å². The zero-order valence-electron chi connectivity index (χ0n) is 11.8. The van der Waals surface area contributed by atoms with Crippen molar-refractivity contribution in [2.45, 2.75) is 18.5 Å². The van der Waals surface area contributed by atoms with Crippen molar-refractivity contribution in [2.75, 3.05) is 33.4 Å². The lowest BCUT2D eigenvalue weighted by molar-refractivity contribution is -0.0303. The summed E-state index contributed by atoms with van der Waals surface area (Å²) < 4.78 is 24.5. The minimum absolute atomic E-state index is 0.0429. The Morgan fingerprint density at radius 1 is 1.48 bits per heavy atom. The van der Waals surface area contributed by atoms with Gasteiger partial charge in [-0.25, -0.2) is 9.37 Å². The summed E-state index contributed by atoms with van der Waals surface area (Å²) in [6.07, 6.45) is 0.786. The first-order valence-corrected chi connectivity index (χ1v) is 7.02. The first-order valence-electron chi connectivity index (χ1n) is 7.02. The fraction of sp³-hybridized carbons (Fsp3) is 0.571. The highest BCUT2D eigenvalue weighted by Crippen LogP contribution is 2.22. The van der Waals surface area contributed by atoms with Gasteiger partial charge in [-0.05, 0) is 19.0 Å². The average molecular weight is 295 g/mol. The number of ether oxygens (including phenoxy) is 2. The number of methoxy groups -OCH3 is 1. The molecule has 0 spiro atoms. The number of halogens is 1. The maximum absolute atomic E-state index is 14.0. The Morgan fingerprint density at radius 3 is 3.10 bits per heavy atom. The predicted octanol–water partition coefficient (Wildman–Crippen LogP) is 0.432. The molecule has 1 aromatic rings. The monoisotopic (exact) mass is 295 g/mol. The second kappa shape index (κ2) is 5.95. The third-order valence-corrected chi connectivity index (χ3v) is 3.91. The number of aromatic nitrogens is 1. The molecular weight excluding hydrogens is 277 g/mol. The minimum atomic E-state index is -0.628. The predicted molar refractivity (Wildman–Crippen MR) is 72.8 cm³/mol. The van der Waals surface area contributed by atoms with Gasteiger partial charge < -0.3 is 19.7 Å². The van der Waals surface area contributed by atoms with E-state index in [9.17, 15) is 9.18 Å². The van der Waals surface area contributed by atoms with E-state index in [1.807, 2.05) is 0 Å². The van der Waals surface area contributed by atoms with Gasteiger partial charge in [-0.1, -0.05) is 0 Å². The van der Waals surface area contributed by atoms with Crippen LogP contribution in [0.2, 0.25) is 0 Å². The molecule has 1 amide bonds. The Balaban J connectivity index is 1.93. The Kier molecular flexibility index (Phi) is 4.03. The highest BCUT2D eigenvalue weighted by atomic mass is 19.1. The first kappa shape index (κ1) is 14.2. The molecule has 21 heavy (non-hydrogen) atoms. The SMILES string of the molecule is COc1ccc(F)c(C(=O)N2C3CCNCC2COC3)n1. The normalized spacial score (nSPS) is 25.3. The summed E-state index contributed by atoms with van der Waals surface area (Å²) in [4.78, 5) is 18.4. The lowest BCUT2D eigenvalue weighted by atomic mass is 10.1. The van der Waals surface area contributed by atoms with E-state index >= 15 is 0 Å². The van der Waals surface area contributed by atoms with Crippen LogP contribution < -0.4 is 10.1 Å². The fourth-order valence-corrected chi connectivity index (χ4v) is 2.86. The zero-order chi connectivity index (χ0) is 14.8. The van der Waals surface area contributed by atoms with E-state index in [4.69, 9.17) is 9.47 Å². The molecule has 2 bridgehead atoms. The topological polar surface area (TPSA) is 63.7 Å². The van der Waals surface area contributed by atoms with Crippen molar-refractivity contribution in [1.82, 2.24) is 15.2 Å². The summed E-state index contributed by atoms with van der Waals surface area (Å²) in [5.41, 5.74) is -0.187. The summed E-state index contributed by atoms with van der Waals surface area (Å²) in [5.74, 6) is -0.792. The average Bonchev–Trinajstić information content (AvgIpc) is 2.62. The number of carbonyl (C=O) groups is 1. The highest BCUT2D eigenvalue weighted by Gasteiger charge is 2.38. The van der Waals surface area contributed by atoms with Gasteiger partial charge in [-0.3, -0.25) is 4.79 Å². The van der Waals surface area contributed by atoms with Gasteiger partial charge in [-0.15, -0.1) is 0 Å². The van der Waals surface area contributed by atoms with Crippen LogP contribution in [0.4, 0.5) is 4.39 Å². The molecule has 2 saturated heterocycles. The van der Waals surface area contributed by atoms with E-state index in [0.717, 1.165) is 13.0 Å². The molecule has 2 fully saturated rings. The van der Waals surface area contributed by atoms with Crippen molar-refractivity contribution >= 4 is 5.91 Å². The molecule has 2 aliphatic rings. The Bertz CT molecular complexity index is 526. The largest absolute Gasteiger partial charge is 0.481 e. The fourth-order valence-electron chi connectivity index (χ4n) is 2.86. The molecule has 0 radical (unpaired) electrons. The molecule has 2 aliphatic heterocycles. The molecule has 1 N–H and O–H groups in total. The van der Waals surface area contributed by atoms with Crippen molar-refractivity contribution in [3.8, 4) is 5.88 Å². The zero-order valence-corrected chi connectivity index (χ0v) is 11.8. The number of nitrogens with one attached hydrogen (secondary N) is 1. The maximum atomic E-state index is 14.0. The third kappa shape index (κ3) is 2.71. The molecule has 114 valence electrons. The Morgan fingerprint density at radius 2 is 2.29 bits per heavy atom. The molecule has 7 heteroatoms. The quantitative estimate of drug-likeness (QED) is 0.857. The molecule has 2 unspecified atom stereocenters.